The van der Waals surface area contributed by atoms with Crippen LogP contribution in [-0.2, 0) is 17.8 Å². The van der Waals surface area contributed by atoms with Gasteiger partial charge >= 0.3 is 0 Å². The van der Waals surface area contributed by atoms with Gasteiger partial charge in [-0.25, -0.2) is 4.98 Å². The number of hydrogen-bond donors (Lipinski definition) is 1. The molecule has 0 spiro atoms. The molecule has 7 nitrogen and oxygen atoms in total. The number of nitrogens with one attached hydrogen (secondary N) is 1. The van der Waals surface area contributed by atoms with Gasteiger partial charge in [0.1, 0.15) is 5.82 Å². The second kappa shape index (κ2) is 10.1. The van der Waals surface area contributed by atoms with Crippen molar-refractivity contribution in [3.05, 3.63) is 87.4 Å². The van der Waals surface area contributed by atoms with E-state index >= 15 is 0 Å². The molecule has 1 atom stereocenters. The number of carbonyl (C=O) groups is 1. The molecule has 0 radical (unpaired) electrons. The number of benzene rings is 1. The molecule has 9 heteroatoms. The number of amides is 1. The van der Waals surface area contributed by atoms with Crippen LogP contribution in [0.5, 0.6) is 0 Å². The number of aromatic nitrogens is 4. The zero-order valence-corrected chi connectivity index (χ0v) is 20.8. The molecule has 1 fully saturated rings. The van der Waals surface area contributed by atoms with Gasteiger partial charge in [-0.1, -0.05) is 29.8 Å². The van der Waals surface area contributed by atoms with Crippen LogP contribution in [0, 0.1) is 0 Å². The van der Waals surface area contributed by atoms with E-state index in [0.29, 0.717) is 24.5 Å². The Kier molecular flexibility index (Phi) is 6.78. The maximum absolute atomic E-state index is 13.0. The lowest BCUT2D eigenvalue weighted by atomic mass is 9.94. The number of nitrogens with zero attached hydrogens (tertiary/aromatic N) is 5. The minimum Gasteiger partial charge on any atom is -0.366 e. The molecule has 1 aliphatic rings. The first kappa shape index (κ1) is 22.8. The lowest BCUT2D eigenvalue weighted by molar-refractivity contribution is -0.131. The lowest BCUT2D eigenvalue weighted by Crippen LogP contribution is -2.40. The first-order chi connectivity index (χ1) is 16.6. The molecule has 1 saturated heterocycles. The highest BCUT2D eigenvalue weighted by atomic mass is 79.9. The smallest absolute Gasteiger partial charge is 0.227 e. The van der Waals surface area contributed by atoms with Gasteiger partial charge in [-0.15, -0.1) is 0 Å². The number of hydrogen-bond acceptors (Lipinski definition) is 5. The Labute approximate surface area is 211 Å². The minimum atomic E-state index is 0.119. The number of carbonyl (C=O) groups excluding carboxylic acids is 1. The van der Waals surface area contributed by atoms with Crippen molar-refractivity contribution in [2.75, 3.05) is 18.4 Å². The number of halogens is 2. The summed E-state index contributed by atoms with van der Waals surface area (Å²) in [5.74, 6) is 1.13. The quantitative estimate of drug-likeness (QED) is 0.369. The number of fused-ring (bicyclic) bond motifs is 1. The minimum absolute atomic E-state index is 0.119. The predicted octanol–water partition coefficient (Wildman–Crippen LogP) is 5.10. The largest absolute Gasteiger partial charge is 0.366 e. The van der Waals surface area contributed by atoms with Gasteiger partial charge < -0.3 is 10.2 Å². The van der Waals surface area contributed by atoms with Crippen LogP contribution < -0.4 is 5.32 Å². The van der Waals surface area contributed by atoms with Gasteiger partial charge in [-0.05, 0) is 58.1 Å². The van der Waals surface area contributed by atoms with Gasteiger partial charge in [0.15, 0.2) is 5.65 Å². The van der Waals surface area contributed by atoms with E-state index in [1.165, 1.54) is 0 Å². The van der Waals surface area contributed by atoms with Gasteiger partial charge in [-0.3, -0.25) is 9.78 Å². The van der Waals surface area contributed by atoms with E-state index < -0.39 is 0 Å². The van der Waals surface area contributed by atoms with Crippen molar-refractivity contribution < 1.29 is 4.79 Å². The van der Waals surface area contributed by atoms with Crippen LogP contribution in [-0.4, -0.2) is 43.5 Å². The molecule has 0 bridgehead atoms. The molecule has 3 aromatic heterocycles. The van der Waals surface area contributed by atoms with Crippen molar-refractivity contribution in [1.82, 2.24) is 24.5 Å². The molecule has 0 aliphatic carbocycles. The van der Waals surface area contributed by atoms with E-state index in [0.717, 1.165) is 52.1 Å². The average molecular weight is 540 g/mol. The fourth-order valence-corrected chi connectivity index (χ4v) is 4.92. The SMILES string of the molecule is O=C(Cc1cccc(Cl)c1)N1CCCC(c2cc(NCc3cccnc3)n3ncc(Br)c3n2)C1. The summed E-state index contributed by atoms with van der Waals surface area (Å²) in [6.45, 7) is 2.04. The number of anilines is 1. The summed E-state index contributed by atoms with van der Waals surface area (Å²) < 4.78 is 2.64. The highest BCUT2D eigenvalue weighted by Gasteiger charge is 2.27. The van der Waals surface area contributed by atoms with Gasteiger partial charge in [0.25, 0.3) is 0 Å². The summed E-state index contributed by atoms with van der Waals surface area (Å²) in [6.07, 6.45) is 7.64. The molecule has 1 aliphatic heterocycles. The normalized spacial score (nSPS) is 16.1. The second-order valence-corrected chi connectivity index (χ2v) is 9.79. The van der Waals surface area contributed by atoms with E-state index in [-0.39, 0.29) is 11.8 Å². The second-order valence-electron chi connectivity index (χ2n) is 8.49. The molecule has 1 aromatic carbocycles. The maximum Gasteiger partial charge on any atom is 0.227 e. The highest BCUT2D eigenvalue weighted by molar-refractivity contribution is 9.10. The van der Waals surface area contributed by atoms with Crippen molar-refractivity contribution in [2.45, 2.75) is 31.7 Å². The molecule has 174 valence electrons. The van der Waals surface area contributed by atoms with E-state index in [1.54, 1.807) is 16.9 Å². The number of rotatable bonds is 6. The Morgan fingerprint density at radius 1 is 1.18 bits per heavy atom. The Morgan fingerprint density at radius 2 is 2.06 bits per heavy atom. The fourth-order valence-electron chi connectivity index (χ4n) is 4.36. The topological polar surface area (TPSA) is 75.4 Å². The van der Waals surface area contributed by atoms with Crippen LogP contribution in [0.4, 0.5) is 5.82 Å². The van der Waals surface area contributed by atoms with Gasteiger partial charge in [0, 0.05) is 49.0 Å². The Balaban J connectivity index is 1.36. The van der Waals surface area contributed by atoms with Crippen molar-refractivity contribution in [1.29, 1.82) is 0 Å². The summed E-state index contributed by atoms with van der Waals surface area (Å²) in [6, 6.07) is 13.5. The van der Waals surface area contributed by atoms with Crippen LogP contribution in [0.1, 0.15) is 35.6 Å². The lowest BCUT2D eigenvalue weighted by Gasteiger charge is -2.33. The molecule has 1 amide bonds. The van der Waals surface area contributed by atoms with Crippen LogP contribution in [0.2, 0.25) is 5.02 Å². The summed E-state index contributed by atoms with van der Waals surface area (Å²) in [4.78, 5) is 24.1. The third-order valence-electron chi connectivity index (χ3n) is 6.08. The Hall–Kier alpha value is -2.97. The van der Waals surface area contributed by atoms with Crippen LogP contribution in [0.15, 0.2) is 65.5 Å². The fraction of sp³-hybridized carbons (Fsp3) is 0.280. The predicted molar refractivity (Wildman–Crippen MR) is 136 cm³/mol. The molecular weight excluding hydrogens is 516 g/mol. The van der Waals surface area contributed by atoms with E-state index in [4.69, 9.17) is 16.6 Å². The van der Waals surface area contributed by atoms with Gasteiger partial charge in [0.05, 0.1) is 22.8 Å². The first-order valence-corrected chi connectivity index (χ1v) is 12.4. The standard InChI is InChI=1S/C25H24BrClN6O/c26-21-15-30-33-23(29-14-18-5-2-8-28-13-18)12-22(31-25(21)33)19-6-3-9-32(16-19)24(34)11-17-4-1-7-20(27)10-17/h1-2,4-5,7-8,10,12-13,15,19,29H,3,6,9,11,14,16H2. The molecule has 5 rings (SSSR count). The molecule has 1 N–H and O–H groups in total. The number of piperidine rings is 1. The van der Waals surface area contributed by atoms with E-state index in [9.17, 15) is 4.79 Å². The van der Waals surface area contributed by atoms with Gasteiger partial charge in [0.2, 0.25) is 5.91 Å². The average Bonchev–Trinajstić information content (AvgIpc) is 3.24. The molecule has 4 heterocycles. The van der Waals surface area contributed by atoms with Crippen molar-refractivity contribution >= 4 is 44.9 Å². The maximum atomic E-state index is 13.0. The summed E-state index contributed by atoms with van der Waals surface area (Å²) in [5, 5.41) is 8.59. The zero-order chi connectivity index (χ0) is 23.5. The third-order valence-corrected chi connectivity index (χ3v) is 6.88. The first-order valence-electron chi connectivity index (χ1n) is 11.3. The number of likely N-dealkylation sites (tertiary alicyclic amines) is 1. The highest BCUT2D eigenvalue weighted by Crippen LogP contribution is 2.30. The molecule has 4 aromatic rings. The van der Waals surface area contributed by atoms with Gasteiger partial charge in [-0.2, -0.15) is 9.61 Å². The Morgan fingerprint density at radius 3 is 2.88 bits per heavy atom. The van der Waals surface area contributed by atoms with Crippen molar-refractivity contribution in [3.8, 4) is 0 Å². The van der Waals surface area contributed by atoms with E-state index in [2.05, 4.69) is 37.4 Å². The van der Waals surface area contributed by atoms with E-state index in [1.807, 2.05) is 47.5 Å². The van der Waals surface area contributed by atoms with Crippen LogP contribution in [0.25, 0.3) is 5.65 Å². The monoisotopic (exact) mass is 538 g/mol. The van der Waals surface area contributed by atoms with Crippen molar-refractivity contribution in [3.63, 3.8) is 0 Å². The molecule has 34 heavy (non-hydrogen) atoms. The molecule has 1 unspecified atom stereocenters. The number of pyridine rings is 1. The third kappa shape index (κ3) is 5.08. The molecular formula is C25H24BrClN6O. The van der Waals surface area contributed by atoms with Crippen LogP contribution >= 0.6 is 27.5 Å². The molecule has 0 saturated carbocycles. The summed E-state index contributed by atoms with van der Waals surface area (Å²) >= 11 is 9.67. The zero-order valence-electron chi connectivity index (χ0n) is 18.5. The summed E-state index contributed by atoms with van der Waals surface area (Å²) in [7, 11) is 0. The Bertz CT molecular complexity index is 1310. The van der Waals surface area contributed by atoms with Crippen LogP contribution in [0.3, 0.4) is 0 Å². The van der Waals surface area contributed by atoms with Crippen molar-refractivity contribution in [2.24, 2.45) is 0 Å². The summed E-state index contributed by atoms with van der Waals surface area (Å²) in [5.41, 5.74) is 3.73.